The molecule has 9 nitrogen and oxygen atoms in total. The fourth-order valence-corrected chi connectivity index (χ4v) is 1.28. The van der Waals surface area contributed by atoms with Crippen molar-refractivity contribution >= 4 is 15.6 Å². The Hall–Kier alpha value is 0.180. The smallest absolute Gasteiger partial charge is 0.306 e. The zero-order chi connectivity index (χ0) is 14.1. The third kappa shape index (κ3) is 31.4. The lowest BCUT2D eigenvalue weighted by molar-refractivity contribution is 0.129. The lowest BCUT2D eigenvalue weighted by Crippen LogP contribution is -2.22. The van der Waals surface area contributed by atoms with Crippen LogP contribution in [0.15, 0.2) is 0 Å². The highest BCUT2D eigenvalue weighted by Crippen LogP contribution is 2.37. The maximum atomic E-state index is 10.3. The van der Waals surface area contributed by atoms with Crippen molar-refractivity contribution in [3.63, 3.8) is 0 Å². The van der Waals surface area contributed by atoms with Gasteiger partial charge in [0.05, 0.1) is 0 Å². The Labute approximate surface area is 99.1 Å². The molecule has 7 N–H and O–H groups in total. The monoisotopic (exact) mass is 295 g/mol. The average molecular weight is 295 g/mol. The van der Waals surface area contributed by atoms with Crippen molar-refractivity contribution in [1.82, 2.24) is 0 Å². The Bertz CT molecular complexity index is 265. The van der Waals surface area contributed by atoms with Crippen molar-refractivity contribution in [3.8, 4) is 0 Å². The van der Waals surface area contributed by atoms with E-state index in [1.165, 1.54) is 0 Å². The molecule has 0 aliphatic rings. The van der Waals surface area contributed by atoms with Crippen LogP contribution in [0.2, 0.25) is 0 Å². The summed E-state index contributed by atoms with van der Waals surface area (Å²) in [7, 11) is -9.03. The molecule has 0 amide bonds. The van der Waals surface area contributed by atoms with Gasteiger partial charge in [-0.2, -0.15) is 0 Å². The first-order chi connectivity index (χ1) is 7.45. The molecule has 0 saturated heterocycles. The minimum Gasteiger partial charge on any atom is -0.306 e. The fraction of sp³-hybridized carbons (Fsp3) is 1.00. The number of hydrogen-bond donors (Lipinski definition) is 6. The third-order valence-corrected chi connectivity index (χ3v) is 1.91. The van der Waals surface area contributed by atoms with Crippen molar-refractivity contribution in [3.05, 3.63) is 0 Å². The van der Waals surface area contributed by atoms with Crippen LogP contribution in [0.3, 0.4) is 0 Å². The van der Waals surface area contributed by atoms with E-state index in [1.807, 2.05) is 6.92 Å². The van der Waals surface area contributed by atoms with Gasteiger partial charge in [-0.25, -0.2) is 9.13 Å². The molecule has 0 aliphatic heterocycles. The Balaban J connectivity index is 0. The van der Waals surface area contributed by atoms with Crippen LogP contribution in [-0.2, 0) is 13.7 Å². The molecule has 0 spiro atoms. The van der Waals surface area contributed by atoms with Crippen molar-refractivity contribution in [2.75, 3.05) is 0 Å². The van der Waals surface area contributed by atoms with Gasteiger partial charge in [-0.3, -0.25) is 4.52 Å². The molecule has 0 radical (unpaired) electrons. The quantitative estimate of drug-likeness (QED) is 0.225. The maximum absolute atomic E-state index is 10.3. The zero-order valence-electron chi connectivity index (χ0n) is 9.34. The molecule has 0 saturated carbocycles. The number of hydrogen-bond acceptors (Lipinski definition) is 4. The normalized spacial score (nSPS) is 13.8. The van der Waals surface area contributed by atoms with Gasteiger partial charge in [0, 0.05) is 0 Å². The number of phosphoric ester groups is 1. The number of nitrogens with two attached hydrogens (primary N) is 1. The second kappa shape index (κ2) is 9.16. The first-order valence-corrected chi connectivity index (χ1v) is 7.83. The molecule has 0 aliphatic carbocycles. The van der Waals surface area contributed by atoms with Gasteiger partial charge in [-0.05, 0) is 12.8 Å². The Kier molecular flexibility index (Phi) is 10.5. The standard InChI is InChI=1S/C6H16NO4P.H3O4P/c1-2-3-4-5-6(7)11-12(8,9)10;1-5(2,3)4/h6H,2-5,7H2,1H3,(H2,8,9,10);(H3,1,2,3,4). The van der Waals surface area contributed by atoms with Gasteiger partial charge in [0.15, 0.2) is 0 Å². The van der Waals surface area contributed by atoms with Gasteiger partial charge in [0.2, 0.25) is 0 Å². The predicted molar refractivity (Wildman–Crippen MR) is 59.5 cm³/mol. The summed E-state index contributed by atoms with van der Waals surface area (Å²) in [6.07, 6.45) is 2.51. The molecule has 0 aromatic rings. The van der Waals surface area contributed by atoms with E-state index in [-0.39, 0.29) is 0 Å². The second-order valence-corrected chi connectivity index (χ2v) is 5.36. The van der Waals surface area contributed by atoms with Crippen LogP contribution in [0.25, 0.3) is 0 Å². The molecule has 1 atom stereocenters. The second-order valence-electron chi connectivity index (χ2n) is 3.14. The summed E-state index contributed by atoms with van der Waals surface area (Å²) < 4.78 is 23.4. The Morgan fingerprint density at radius 2 is 1.53 bits per heavy atom. The van der Waals surface area contributed by atoms with Gasteiger partial charge in [0.25, 0.3) is 0 Å². The summed E-state index contributed by atoms with van der Waals surface area (Å²) in [6, 6.07) is 0. The van der Waals surface area contributed by atoms with Crippen LogP contribution in [0.1, 0.15) is 32.6 Å². The van der Waals surface area contributed by atoms with Crippen LogP contribution < -0.4 is 5.73 Å². The summed E-state index contributed by atoms with van der Waals surface area (Å²) >= 11 is 0. The molecule has 0 aromatic heterocycles. The topological polar surface area (TPSA) is 171 Å². The predicted octanol–water partition coefficient (Wildman–Crippen LogP) is 0.0322. The summed E-state index contributed by atoms with van der Waals surface area (Å²) in [5, 5.41) is 0. The number of phosphoric acid groups is 2. The van der Waals surface area contributed by atoms with Crippen LogP contribution in [0.4, 0.5) is 0 Å². The molecular weight excluding hydrogens is 276 g/mol. The molecule has 0 rings (SSSR count). The first kappa shape index (κ1) is 19.5. The molecule has 11 heteroatoms. The lowest BCUT2D eigenvalue weighted by atomic mass is 10.2. The van der Waals surface area contributed by atoms with Crippen LogP contribution >= 0.6 is 15.6 Å². The average Bonchev–Trinajstić information content (AvgIpc) is 1.97. The van der Waals surface area contributed by atoms with Gasteiger partial charge in [0.1, 0.15) is 6.23 Å². The Morgan fingerprint density at radius 3 is 1.82 bits per heavy atom. The molecule has 106 valence electrons. The fourth-order valence-electron chi connectivity index (χ4n) is 0.825. The van der Waals surface area contributed by atoms with E-state index in [0.29, 0.717) is 6.42 Å². The highest BCUT2D eigenvalue weighted by molar-refractivity contribution is 7.46. The summed E-state index contributed by atoms with van der Waals surface area (Å²) in [5.74, 6) is 0. The van der Waals surface area contributed by atoms with Gasteiger partial charge < -0.3 is 30.2 Å². The van der Waals surface area contributed by atoms with E-state index in [9.17, 15) is 4.57 Å². The van der Waals surface area contributed by atoms with Crippen molar-refractivity contribution in [1.29, 1.82) is 0 Å². The summed E-state index contributed by atoms with van der Waals surface area (Å²) in [6.45, 7) is 2.04. The molecular formula is C6H19NO8P2. The molecule has 0 aromatic carbocycles. The molecule has 0 heterocycles. The largest absolute Gasteiger partial charge is 0.471 e. The molecule has 0 bridgehead atoms. The van der Waals surface area contributed by atoms with Crippen LogP contribution in [-0.4, -0.2) is 30.7 Å². The van der Waals surface area contributed by atoms with E-state index < -0.39 is 21.9 Å². The minimum absolute atomic E-state index is 0.485. The highest BCUT2D eigenvalue weighted by Gasteiger charge is 2.18. The lowest BCUT2D eigenvalue weighted by Gasteiger charge is -2.12. The molecule has 1 unspecified atom stereocenters. The van der Waals surface area contributed by atoms with Crippen molar-refractivity contribution in [2.24, 2.45) is 5.73 Å². The highest BCUT2D eigenvalue weighted by atomic mass is 31.2. The summed E-state index contributed by atoms with van der Waals surface area (Å²) in [5.41, 5.74) is 5.29. The van der Waals surface area contributed by atoms with E-state index in [1.54, 1.807) is 0 Å². The van der Waals surface area contributed by atoms with E-state index in [4.69, 9.17) is 34.8 Å². The summed E-state index contributed by atoms with van der Waals surface area (Å²) in [4.78, 5) is 38.3. The van der Waals surface area contributed by atoms with Crippen molar-refractivity contribution in [2.45, 2.75) is 38.8 Å². The zero-order valence-corrected chi connectivity index (χ0v) is 11.1. The molecule has 0 fully saturated rings. The van der Waals surface area contributed by atoms with Crippen LogP contribution in [0, 0.1) is 0 Å². The van der Waals surface area contributed by atoms with Gasteiger partial charge in [-0.15, -0.1) is 0 Å². The van der Waals surface area contributed by atoms with Crippen LogP contribution in [0.5, 0.6) is 0 Å². The van der Waals surface area contributed by atoms with Crippen molar-refractivity contribution < 1.29 is 38.1 Å². The van der Waals surface area contributed by atoms with E-state index in [2.05, 4.69) is 4.52 Å². The van der Waals surface area contributed by atoms with Gasteiger partial charge in [-0.1, -0.05) is 19.8 Å². The SMILES string of the molecule is CCCCCC(N)OP(=O)(O)O.O=P(O)(O)O. The Morgan fingerprint density at radius 1 is 1.12 bits per heavy atom. The van der Waals surface area contributed by atoms with E-state index in [0.717, 1.165) is 19.3 Å². The third-order valence-electron chi connectivity index (χ3n) is 1.36. The maximum Gasteiger partial charge on any atom is 0.471 e. The number of rotatable bonds is 6. The molecule has 17 heavy (non-hydrogen) atoms. The number of unbranched alkanes of at least 4 members (excludes halogenated alkanes) is 2. The minimum atomic E-state index is -4.64. The first-order valence-electron chi connectivity index (χ1n) is 4.73. The van der Waals surface area contributed by atoms with E-state index >= 15 is 0 Å². The van der Waals surface area contributed by atoms with Gasteiger partial charge >= 0.3 is 15.6 Å².